The lowest BCUT2D eigenvalue weighted by atomic mass is 9.55. The van der Waals surface area contributed by atoms with Crippen LogP contribution >= 0.6 is 0 Å². The van der Waals surface area contributed by atoms with Crippen molar-refractivity contribution in [1.29, 1.82) is 0 Å². The molecule has 5 unspecified atom stereocenters. The second-order valence-corrected chi connectivity index (χ2v) is 8.23. The SMILES string of the molecule is CC1CC2OC(=O)C3(C)CCCC(=C23)C12CC(c1ccoc1)OC2=O. The van der Waals surface area contributed by atoms with Gasteiger partial charge in [0.2, 0.25) is 0 Å². The van der Waals surface area contributed by atoms with Crippen LogP contribution < -0.4 is 0 Å². The third kappa shape index (κ3) is 1.74. The first-order valence-electron chi connectivity index (χ1n) is 9.15. The Bertz CT molecular complexity index is 791. The van der Waals surface area contributed by atoms with Crippen LogP contribution in [-0.2, 0) is 19.1 Å². The van der Waals surface area contributed by atoms with Gasteiger partial charge in [-0.05, 0) is 55.7 Å². The number of rotatable bonds is 1. The highest BCUT2D eigenvalue weighted by Crippen LogP contribution is 2.63. The Kier molecular flexibility index (Phi) is 2.91. The van der Waals surface area contributed by atoms with E-state index in [9.17, 15) is 9.59 Å². The van der Waals surface area contributed by atoms with Crippen LogP contribution in [0.2, 0.25) is 0 Å². The van der Waals surface area contributed by atoms with E-state index >= 15 is 0 Å². The Hall–Kier alpha value is -2.04. The Morgan fingerprint density at radius 2 is 1.96 bits per heavy atom. The fourth-order valence-electron chi connectivity index (χ4n) is 5.69. The van der Waals surface area contributed by atoms with Gasteiger partial charge in [-0.15, -0.1) is 0 Å². The van der Waals surface area contributed by atoms with Crippen molar-refractivity contribution in [2.75, 3.05) is 0 Å². The van der Waals surface area contributed by atoms with Crippen molar-refractivity contribution in [3.8, 4) is 0 Å². The number of hydrogen-bond donors (Lipinski definition) is 0. The summed E-state index contributed by atoms with van der Waals surface area (Å²) in [5.74, 6) is -0.170. The summed E-state index contributed by atoms with van der Waals surface area (Å²) >= 11 is 0. The van der Waals surface area contributed by atoms with E-state index in [1.807, 2.05) is 13.0 Å². The average molecular weight is 342 g/mol. The molecule has 25 heavy (non-hydrogen) atoms. The highest BCUT2D eigenvalue weighted by molar-refractivity contribution is 5.89. The molecule has 2 saturated heterocycles. The standard InChI is InChI=1S/C20H22O5/c1-11-8-14-16-13(4-3-6-19(16,2)17(21)24-14)20(11)9-15(25-18(20)22)12-5-7-23-10-12/h5,7,10-11,14-15H,3-4,6,8-9H2,1-2H3. The monoisotopic (exact) mass is 342 g/mol. The molecule has 132 valence electrons. The molecule has 0 amide bonds. The highest BCUT2D eigenvalue weighted by Gasteiger charge is 2.64. The molecule has 4 aliphatic rings. The van der Waals surface area contributed by atoms with E-state index in [-0.39, 0.29) is 30.1 Å². The molecule has 2 aliphatic carbocycles. The fraction of sp³-hybridized carbons (Fsp3) is 0.600. The van der Waals surface area contributed by atoms with Gasteiger partial charge in [-0.2, -0.15) is 0 Å². The third-order valence-corrected chi connectivity index (χ3v) is 7.03. The first-order valence-corrected chi connectivity index (χ1v) is 9.15. The zero-order valence-corrected chi connectivity index (χ0v) is 14.5. The normalized spacial score (nSPS) is 42.6. The first-order chi connectivity index (χ1) is 12.0. The number of carbonyl (C=O) groups excluding carboxylic acids is 2. The molecule has 0 saturated carbocycles. The van der Waals surface area contributed by atoms with Gasteiger partial charge < -0.3 is 13.9 Å². The summed E-state index contributed by atoms with van der Waals surface area (Å²) in [5.41, 5.74) is 1.95. The summed E-state index contributed by atoms with van der Waals surface area (Å²) in [5, 5.41) is 0. The van der Waals surface area contributed by atoms with Crippen LogP contribution in [-0.4, -0.2) is 18.0 Å². The van der Waals surface area contributed by atoms with Crippen molar-refractivity contribution in [3.05, 3.63) is 35.3 Å². The van der Waals surface area contributed by atoms with Gasteiger partial charge in [0.05, 0.1) is 23.4 Å². The summed E-state index contributed by atoms with van der Waals surface area (Å²) in [4.78, 5) is 25.7. The van der Waals surface area contributed by atoms with Crippen LogP contribution in [0.5, 0.6) is 0 Å². The molecular weight excluding hydrogens is 320 g/mol. The Labute approximate surface area is 146 Å². The number of furan rings is 1. The molecule has 5 nitrogen and oxygen atoms in total. The van der Waals surface area contributed by atoms with E-state index in [0.717, 1.165) is 36.0 Å². The summed E-state index contributed by atoms with van der Waals surface area (Å²) in [6.45, 7) is 4.09. The minimum atomic E-state index is -0.622. The van der Waals surface area contributed by atoms with Gasteiger partial charge in [-0.3, -0.25) is 9.59 Å². The van der Waals surface area contributed by atoms with Crippen molar-refractivity contribution in [1.82, 2.24) is 0 Å². The summed E-state index contributed by atoms with van der Waals surface area (Å²) in [7, 11) is 0. The molecule has 1 spiro atoms. The van der Waals surface area contributed by atoms with Gasteiger partial charge in [0.1, 0.15) is 12.2 Å². The Balaban J connectivity index is 1.66. The Morgan fingerprint density at radius 3 is 2.72 bits per heavy atom. The predicted molar refractivity (Wildman–Crippen MR) is 87.2 cm³/mol. The topological polar surface area (TPSA) is 65.7 Å². The minimum Gasteiger partial charge on any atom is -0.472 e. The van der Waals surface area contributed by atoms with Gasteiger partial charge in [0, 0.05) is 12.0 Å². The van der Waals surface area contributed by atoms with Crippen molar-refractivity contribution in [2.24, 2.45) is 16.7 Å². The molecule has 3 heterocycles. The maximum Gasteiger partial charge on any atom is 0.317 e. The van der Waals surface area contributed by atoms with Gasteiger partial charge in [-0.1, -0.05) is 6.92 Å². The van der Waals surface area contributed by atoms with E-state index in [1.165, 1.54) is 0 Å². The number of hydrogen-bond acceptors (Lipinski definition) is 5. The van der Waals surface area contributed by atoms with Gasteiger partial charge in [-0.25, -0.2) is 0 Å². The van der Waals surface area contributed by atoms with E-state index in [0.29, 0.717) is 12.8 Å². The number of cyclic esters (lactones) is 1. The number of carbonyl (C=O) groups is 2. The molecule has 0 N–H and O–H groups in total. The van der Waals surface area contributed by atoms with Crippen LogP contribution in [0.1, 0.15) is 57.6 Å². The lowest BCUT2D eigenvalue weighted by molar-refractivity contribution is -0.150. The van der Waals surface area contributed by atoms with Crippen LogP contribution in [0.4, 0.5) is 0 Å². The quantitative estimate of drug-likeness (QED) is 0.575. The van der Waals surface area contributed by atoms with Crippen molar-refractivity contribution in [2.45, 2.75) is 58.2 Å². The Morgan fingerprint density at radius 1 is 1.16 bits per heavy atom. The third-order valence-electron chi connectivity index (χ3n) is 7.03. The maximum absolute atomic E-state index is 13.1. The maximum atomic E-state index is 13.1. The summed E-state index contributed by atoms with van der Waals surface area (Å²) in [6.07, 6.45) is 6.74. The van der Waals surface area contributed by atoms with Crippen LogP contribution in [0, 0.1) is 16.7 Å². The molecule has 0 aromatic carbocycles. The van der Waals surface area contributed by atoms with Gasteiger partial charge >= 0.3 is 11.9 Å². The second kappa shape index (κ2) is 4.77. The lowest BCUT2D eigenvalue weighted by Crippen LogP contribution is -2.45. The molecule has 0 bridgehead atoms. The lowest BCUT2D eigenvalue weighted by Gasteiger charge is -2.45. The smallest absolute Gasteiger partial charge is 0.317 e. The first kappa shape index (κ1) is 15.2. The summed E-state index contributed by atoms with van der Waals surface area (Å²) in [6, 6.07) is 1.86. The molecule has 5 heteroatoms. The average Bonchev–Trinajstić information content (AvgIpc) is 3.25. The number of ether oxygens (including phenoxy) is 2. The van der Waals surface area contributed by atoms with Crippen LogP contribution in [0.25, 0.3) is 0 Å². The molecule has 2 aliphatic heterocycles. The molecular formula is C20H22O5. The second-order valence-electron chi connectivity index (χ2n) is 8.23. The van der Waals surface area contributed by atoms with E-state index in [1.54, 1.807) is 12.5 Å². The summed E-state index contributed by atoms with van der Waals surface area (Å²) < 4.78 is 16.7. The molecule has 2 fully saturated rings. The zero-order chi connectivity index (χ0) is 17.4. The van der Waals surface area contributed by atoms with Gasteiger partial charge in [0.25, 0.3) is 0 Å². The van der Waals surface area contributed by atoms with E-state index < -0.39 is 10.8 Å². The van der Waals surface area contributed by atoms with Crippen LogP contribution in [0.15, 0.2) is 34.2 Å². The number of fused-ring (bicyclic) bond motifs is 1. The van der Waals surface area contributed by atoms with E-state index in [2.05, 4.69) is 6.92 Å². The fourth-order valence-corrected chi connectivity index (χ4v) is 5.69. The van der Waals surface area contributed by atoms with Crippen molar-refractivity contribution in [3.63, 3.8) is 0 Å². The van der Waals surface area contributed by atoms with Crippen molar-refractivity contribution >= 4 is 11.9 Å². The van der Waals surface area contributed by atoms with Crippen molar-refractivity contribution < 1.29 is 23.5 Å². The number of esters is 2. The van der Waals surface area contributed by atoms with E-state index in [4.69, 9.17) is 13.9 Å². The zero-order valence-electron chi connectivity index (χ0n) is 14.5. The van der Waals surface area contributed by atoms with Crippen LogP contribution in [0.3, 0.4) is 0 Å². The molecule has 1 aromatic rings. The molecule has 5 rings (SSSR count). The highest BCUT2D eigenvalue weighted by atomic mass is 16.6. The van der Waals surface area contributed by atoms with Gasteiger partial charge in [0.15, 0.2) is 0 Å². The predicted octanol–water partition coefficient (Wildman–Crippen LogP) is 3.71. The largest absolute Gasteiger partial charge is 0.472 e. The molecule has 0 radical (unpaired) electrons. The minimum absolute atomic E-state index is 0.0916. The molecule has 1 aromatic heterocycles. The molecule has 5 atom stereocenters.